The van der Waals surface area contributed by atoms with Gasteiger partial charge in [-0.1, -0.05) is 101 Å². The van der Waals surface area contributed by atoms with Gasteiger partial charge in [-0.3, -0.25) is 4.68 Å². The van der Waals surface area contributed by atoms with Crippen LogP contribution in [0.3, 0.4) is 0 Å². The van der Waals surface area contributed by atoms with Gasteiger partial charge in [0.15, 0.2) is 5.82 Å². The molecule has 9 heteroatoms. The molecule has 247 valence electrons. The van der Waals surface area contributed by atoms with Crippen molar-refractivity contribution in [3.63, 3.8) is 0 Å². The van der Waals surface area contributed by atoms with Gasteiger partial charge in [-0.15, -0.1) is 0 Å². The van der Waals surface area contributed by atoms with Crippen molar-refractivity contribution >= 4 is 35.5 Å². The molecular weight excluding hydrogens is 601 g/mol. The molecule has 5 rings (SSSR count). The number of nitrogens with two attached hydrogens (primary N) is 1. The van der Waals surface area contributed by atoms with Crippen molar-refractivity contribution in [2.75, 3.05) is 19.0 Å². The summed E-state index contributed by atoms with van der Waals surface area (Å²) in [5.74, 6) is 1.49. The minimum absolute atomic E-state index is 0.0822. The first-order chi connectivity index (χ1) is 22.5. The standard InChI is InChI=1S/C38H49N6O2Si/c1-8-15-30(22-23-46-47(37(2,3)4,31-16-11-9-12-17-31)32-18-13-10-14-19-32)43-36-35-33(40-27-41-36)25-42-44(35)26-28-24-29(38(5,6)39)20-21-34(28)45-7/h9-14,16-21,24-25,30H,8,15,22-23,26,39H2,1-7H3,(H,40,41,43)/t30-/m0/s1. The van der Waals surface area contributed by atoms with Crippen LogP contribution in [-0.4, -0.2) is 47.8 Å². The summed E-state index contributed by atoms with van der Waals surface area (Å²) in [5, 5.41) is 10.9. The third-order valence-electron chi connectivity index (χ3n) is 8.90. The number of benzene rings is 3. The molecule has 0 saturated heterocycles. The van der Waals surface area contributed by atoms with E-state index in [1.807, 2.05) is 30.7 Å². The molecule has 2 aromatic heterocycles. The van der Waals surface area contributed by atoms with E-state index in [0.29, 0.717) is 19.0 Å². The SMILES string of the molecule is CCC[C@@H](CCO[Si](c1ccccc1)(c1ccccc1)C(C)(C)C)Nc1n[c]nc2cnn(Cc3cc(C(C)(C)N)ccc3OC)c12. The quantitative estimate of drug-likeness (QED) is 0.134. The van der Waals surface area contributed by atoms with Crippen LogP contribution in [0.1, 0.15) is 71.9 Å². The number of anilines is 1. The highest BCUT2D eigenvalue weighted by atomic mass is 28.4. The Kier molecular flexibility index (Phi) is 10.5. The van der Waals surface area contributed by atoms with Gasteiger partial charge in [0.25, 0.3) is 8.32 Å². The Bertz CT molecular complexity index is 1710. The number of aromatic nitrogens is 4. The van der Waals surface area contributed by atoms with Gasteiger partial charge >= 0.3 is 0 Å². The largest absolute Gasteiger partial charge is 0.496 e. The lowest BCUT2D eigenvalue weighted by atomic mass is 9.93. The molecule has 0 unspecified atom stereocenters. The molecule has 47 heavy (non-hydrogen) atoms. The highest BCUT2D eigenvalue weighted by Crippen LogP contribution is 2.37. The number of fused-ring (bicyclic) bond motifs is 1. The Labute approximate surface area is 280 Å². The zero-order valence-electron chi connectivity index (χ0n) is 28.9. The second kappa shape index (κ2) is 14.4. The number of nitrogens with one attached hydrogen (secondary N) is 1. The van der Waals surface area contributed by atoms with Crippen molar-refractivity contribution in [3.8, 4) is 5.75 Å². The summed E-state index contributed by atoms with van der Waals surface area (Å²) in [7, 11) is -0.955. The summed E-state index contributed by atoms with van der Waals surface area (Å²) >= 11 is 0. The Morgan fingerprint density at radius 3 is 2.15 bits per heavy atom. The van der Waals surface area contributed by atoms with Crippen molar-refractivity contribution in [3.05, 3.63) is 103 Å². The van der Waals surface area contributed by atoms with Gasteiger partial charge in [0.1, 0.15) is 16.8 Å². The van der Waals surface area contributed by atoms with E-state index in [-0.39, 0.29) is 11.1 Å². The van der Waals surface area contributed by atoms with Crippen LogP contribution >= 0.6 is 0 Å². The number of hydrogen-bond donors (Lipinski definition) is 2. The van der Waals surface area contributed by atoms with Gasteiger partial charge in [0.05, 0.1) is 19.9 Å². The van der Waals surface area contributed by atoms with E-state index in [0.717, 1.165) is 47.2 Å². The zero-order chi connectivity index (χ0) is 33.7. The van der Waals surface area contributed by atoms with Crippen LogP contribution < -0.4 is 26.2 Å². The van der Waals surface area contributed by atoms with Crippen molar-refractivity contribution in [2.45, 2.75) is 84.0 Å². The fourth-order valence-electron chi connectivity index (χ4n) is 6.51. The fourth-order valence-corrected chi connectivity index (χ4v) is 11.1. The molecule has 0 aliphatic rings. The van der Waals surface area contributed by atoms with Crippen LogP contribution in [0.2, 0.25) is 5.04 Å². The lowest BCUT2D eigenvalue weighted by molar-refractivity contribution is 0.281. The molecule has 1 atom stereocenters. The van der Waals surface area contributed by atoms with E-state index in [4.69, 9.17) is 20.0 Å². The summed E-state index contributed by atoms with van der Waals surface area (Å²) in [4.78, 5) is 9.02. The van der Waals surface area contributed by atoms with Gasteiger partial charge < -0.3 is 20.2 Å². The molecule has 5 aromatic rings. The second-order valence-electron chi connectivity index (χ2n) is 13.9. The molecule has 0 fully saturated rings. The van der Waals surface area contributed by atoms with Crippen molar-refractivity contribution in [1.29, 1.82) is 0 Å². The van der Waals surface area contributed by atoms with Gasteiger partial charge in [-0.2, -0.15) is 5.10 Å². The number of nitrogens with zero attached hydrogens (tertiary/aromatic N) is 4. The van der Waals surface area contributed by atoms with E-state index in [2.05, 4.69) is 116 Å². The summed E-state index contributed by atoms with van der Waals surface area (Å²) in [6.45, 7) is 14.2. The Hall–Kier alpha value is -4.05. The zero-order valence-corrected chi connectivity index (χ0v) is 29.9. The summed E-state index contributed by atoms with van der Waals surface area (Å²) < 4.78 is 14.9. The maximum atomic E-state index is 7.24. The minimum Gasteiger partial charge on any atom is -0.496 e. The third kappa shape index (κ3) is 7.43. The number of ether oxygens (including phenoxy) is 1. The lowest BCUT2D eigenvalue weighted by Crippen LogP contribution is -2.66. The van der Waals surface area contributed by atoms with E-state index < -0.39 is 13.9 Å². The van der Waals surface area contributed by atoms with Crippen molar-refractivity contribution in [2.24, 2.45) is 5.73 Å². The normalized spacial score (nSPS) is 13.1. The number of hydrogen-bond acceptors (Lipinski definition) is 7. The molecule has 2 heterocycles. The first-order valence-corrected chi connectivity index (χ1v) is 18.5. The monoisotopic (exact) mass is 649 g/mol. The molecule has 8 nitrogen and oxygen atoms in total. The third-order valence-corrected chi connectivity index (χ3v) is 13.9. The average molecular weight is 650 g/mol. The molecule has 0 spiro atoms. The maximum Gasteiger partial charge on any atom is 0.261 e. The lowest BCUT2D eigenvalue weighted by Gasteiger charge is -2.43. The molecule has 0 saturated carbocycles. The fraction of sp³-hybridized carbons (Fsp3) is 0.395. The molecule has 0 amide bonds. The topological polar surface area (TPSA) is 100 Å². The van der Waals surface area contributed by atoms with E-state index in [1.165, 1.54) is 10.4 Å². The highest BCUT2D eigenvalue weighted by molar-refractivity contribution is 6.99. The summed E-state index contributed by atoms with van der Waals surface area (Å²) in [6, 6.07) is 27.8. The molecule has 3 aromatic carbocycles. The Morgan fingerprint density at radius 2 is 1.57 bits per heavy atom. The summed E-state index contributed by atoms with van der Waals surface area (Å²) in [5.41, 5.74) is 9.53. The van der Waals surface area contributed by atoms with Crippen LogP contribution in [-0.2, 0) is 16.5 Å². The van der Waals surface area contributed by atoms with Crippen LogP contribution in [0.15, 0.2) is 85.1 Å². The van der Waals surface area contributed by atoms with Crippen molar-refractivity contribution in [1.82, 2.24) is 19.7 Å². The van der Waals surface area contributed by atoms with Crippen molar-refractivity contribution < 1.29 is 9.16 Å². The van der Waals surface area contributed by atoms with Gasteiger partial charge in [-0.25, -0.2) is 9.97 Å². The second-order valence-corrected chi connectivity index (χ2v) is 18.2. The first kappa shape index (κ1) is 34.3. The van der Waals surface area contributed by atoms with Crippen LogP contribution in [0.4, 0.5) is 5.82 Å². The molecular formula is C38H49N6O2Si. The molecule has 0 bridgehead atoms. The van der Waals surface area contributed by atoms with Crippen LogP contribution in [0.5, 0.6) is 5.75 Å². The number of rotatable bonds is 14. The summed E-state index contributed by atoms with van der Waals surface area (Å²) in [6.07, 6.45) is 7.41. The van der Waals surface area contributed by atoms with Crippen LogP contribution in [0.25, 0.3) is 11.0 Å². The predicted molar refractivity (Wildman–Crippen MR) is 194 cm³/mol. The first-order valence-electron chi connectivity index (χ1n) is 16.6. The molecule has 0 aliphatic heterocycles. The Balaban J connectivity index is 1.43. The number of methoxy groups -OCH3 is 1. The molecule has 0 aliphatic carbocycles. The maximum absolute atomic E-state index is 7.24. The minimum atomic E-state index is -2.64. The van der Waals surface area contributed by atoms with Gasteiger partial charge in [0.2, 0.25) is 6.33 Å². The average Bonchev–Trinajstić information content (AvgIpc) is 3.46. The van der Waals surface area contributed by atoms with E-state index >= 15 is 0 Å². The van der Waals surface area contributed by atoms with Gasteiger partial charge in [0, 0.05) is 23.8 Å². The molecule has 3 N–H and O–H groups in total. The Morgan fingerprint density at radius 1 is 0.915 bits per heavy atom. The van der Waals surface area contributed by atoms with E-state index in [9.17, 15) is 0 Å². The predicted octanol–water partition coefficient (Wildman–Crippen LogP) is 6.42. The highest BCUT2D eigenvalue weighted by Gasteiger charge is 2.50. The van der Waals surface area contributed by atoms with Crippen LogP contribution in [0, 0.1) is 6.33 Å². The smallest absolute Gasteiger partial charge is 0.261 e. The molecule has 1 radical (unpaired) electrons. The van der Waals surface area contributed by atoms with Gasteiger partial charge in [-0.05, 0) is 59.8 Å². The van der Waals surface area contributed by atoms with E-state index in [1.54, 1.807) is 13.3 Å².